The summed E-state index contributed by atoms with van der Waals surface area (Å²) in [4.78, 5) is 16.9. The Balaban J connectivity index is 1.72. The van der Waals surface area contributed by atoms with Crippen molar-refractivity contribution < 1.29 is 4.79 Å². The number of hydrogen-bond acceptors (Lipinski definition) is 2. The summed E-state index contributed by atoms with van der Waals surface area (Å²) in [5, 5.41) is 0.800. The highest BCUT2D eigenvalue weighted by atomic mass is 35.5. The van der Waals surface area contributed by atoms with Crippen molar-refractivity contribution in [2.24, 2.45) is 5.92 Å². The zero-order valence-electron chi connectivity index (χ0n) is 13.5. The highest BCUT2D eigenvalue weighted by molar-refractivity contribution is 6.30. The molecule has 3 nitrogen and oxygen atoms in total. The van der Waals surface area contributed by atoms with Crippen LogP contribution in [0.1, 0.15) is 38.7 Å². The van der Waals surface area contributed by atoms with Crippen molar-refractivity contribution in [3.05, 3.63) is 34.9 Å². The summed E-state index contributed by atoms with van der Waals surface area (Å²) >= 11 is 6.11. The molecule has 1 spiro atoms. The minimum Gasteiger partial charge on any atom is -0.341 e. The van der Waals surface area contributed by atoms with Crippen molar-refractivity contribution in [2.45, 2.75) is 45.2 Å². The van der Waals surface area contributed by atoms with Gasteiger partial charge < -0.3 is 4.90 Å². The average molecular weight is 321 g/mol. The molecule has 1 aromatic carbocycles. The van der Waals surface area contributed by atoms with Crippen molar-refractivity contribution >= 4 is 17.5 Å². The second kappa shape index (κ2) is 6.21. The molecular weight excluding hydrogens is 296 g/mol. The van der Waals surface area contributed by atoms with Gasteiger partial charge in [-0.25, -0.2) is 0 Å². The Morgan fingerprint density at radius 3 is 2.86 bits per heavy atom. The number of hydrogen-bond donors (Lipinski definition) is 0. The number of halogens is 1. The van der Waals surface area contributed by atoms with Crippen LogP contribution in [0, 0.1) is 5.92 Å². The molecule has 0 bridgehead atoms. The van der Waals surface area contributed by atoms with Gasteiger partial charge >= 0.3 is 0 Å². The molecule has 120 valence electrons. The molecule has 0 unspecified atom stereocenters. The Morgan fingerprint density at radius 1 is 1.32 bits per heavy atom. The smallest absolute Gasteiger partial charge is 0.225 e. The largest absolute Gasteiger partial charge is 0.341 e. The van der Waals surface area contributed by atoms with E-state index in [4.69, 9.17) is 11.6 Å². The van der Waals surface area contributed by atoms with Crippen LogP contribution in [0.4, 0.5) is 0 Å². The van der Waals surface area contributed by atoms with Crippen LogP contribution in [0.15, 0.2) is 24.3 Å². The van der Waals surface area contributed by atoms with Crippen LogP contribution in [0.5, 0.6) is 0 Å². The lowest BCUT2D eigenvalue weighted by atomic mass is 9.94. The zero-order chi connectivity index (χ0) is 15.7. The average Bonchev–Trinajstić information content (AvgIpc) is 3.07. The molecule has 0 radical (unpaired) electrons. The molecular formula is C18H25ClN2O. The van der Waals surface area contributed by atoms with Crippen LogP contribution in [0.3, 0.4) is 0 Å². The van der Waals surface area contributed by atoms with Gasteiger partial charge in [0.25, 0.3) is 0 Å². The van der Waals surface area contributed by atoms with Crippen LogP contribution in [0.25, 0.3) is 0 Å². The topological polar surface area (TPSA) is 23.6 Å². The normalized spacial score (nSPS) is 25.5. The van der Waals surface area contributed by atoms with Crippen LogP contribution >= 0.6 is 11.6 Å². The summed E-state index contributed by atoms with van der Waals surface area (Å²) in [6.07, 6.45) is 3.53. The van der Waals surface area contributed by atoms with Gasteiger partial charge in [0.05, 0.1) is 0 Å². The van der Waals surface area contributed by atoms with E-state index >= 15 is 0 Å². The second-order valence-electron chi connectivity index (χ2n) is 7.04. The second-order valence-corrected chi connectivity index (χ2v) is 7.48. The standard InChI is InChI=1S/C18H25ClN2O/c1-14(2)17(22)20-10-8-18(13-20)7-4-9-21(18)12-15-5-3-6-16(19)11-15/h3,5-6,11,14H,4,7-10,12-13H2,1-2H3/t18-/m1/s1. The fraction of sp³-hybridized carbons (Fsp3) is 0.611. The molecule has 2 heterocycles. The molecule has 1 atom stereocenters. The van der Waals surface area contributed by atoms with Gasteiger partial charge in [-0.05, 0) is 43.5 Å². The molecule has 4 heteroatoms. The molecule has 1 aromatic rings. The number of carbonyl (C=O) groups excluding carboxylic acids is 1. The van der Waals surface area contributed by atoms with E-state index in [0.29, 0.717) is 5.91 Å². The van der Waals surface area contributed by atoms with E-state index in [-0.39, 0.29) is 11.5 Å². The summed E-state index contributed by atoms with van der Waals surface area (Å²) in [5.41, 5.74) is 1.45. The first kappa shape index (κ1) is 15.8. The van der Waals surface area contributed by atoms with Gasteiger partial charge in [0.2, 0.25) is 5.91 Å². The van der Waals surface area contributed by atoms with Crippen LogP contribution < -0.4 is 0 Å². The Morgan fingerprint density at radius 2 is 2.14 bits per heavy atom. The molecule has 3 rings (SSSR count). The van der Waals surface area contributed by atoms with Gasteiger partial charge in [0.15, 0.2) is 0 Å². The summed E-state index contributed by atoms with van der Waals surface area (Å²) in [7, 11) is 0. The first-order valence-corrected chi connectivity index (χ1v) is 8.66. The highest BCUT2D eigenvalue weighted by Crippen LogP contribution is 2.39. The van der Waals surface area contributed by atoms with E-state index in [0.717, 1.165) is 37.6 Å². The first-order valence-electron chi connectivity index (χ1n) is 8.28. The monoisotopic (exact) mass is 320 g/mol. The number of benzene rings is 1. The molecule has 0 N–H and O–H groups in total. The Hall–Kier alpha value is -1.06. The van der Waals surface area contributed by atoms with E-state index in [9.17, 15) is 4.79 Å². The van der Waals surface area contributed by atoms with E-state index in [2.05, 4.69) is 21.9 Å². The third-order valence-electron chi connectivity index (χ3n) is 5.14. The third-order valence-corrected chi connectivity index (χ3v) is 5.38. The Kier molecular flexibility index (Phi) is 4.47. The SMILES string of the molecule is CC(C)C(=O)N1CC[C@]2(CCCN2Cc2cccc(Cl)c2)C1. The number of likely N-dealkylation sites (tertiary alicyclic amines) is 2. The van der Waals surface area contributed by atoms with Crippen molar-refractivity contribution in [1.29, 1.82) is 0 Å². The number of carbonyl (C=O) groups is 1. The van der Waals surface area contributed by atoms with Gasteiger partial charge in [-0.15, -0.1) is 0 Å². The lowest BCUT2D eigenvalue weighted by Crippen LogP contribution is -2.46. The Bertz CT molecular complexity index is 560. The van der Waals surface area contributed by atoms with Crippen molar-refractivity contribution in [3.8, 4) is 0 Å². The maximum absolute atomic E-state index is 12.3. The summed E-state index contributed by atoms with van der Waals surface area (Å²) in [6, 6.07) is 8.14. The van der Waals surface area contributed by atoms with E-state index in [1.807, 2.05) is 26.0 Å². The first-order chi connectivity index (χ1) is 10.5. The van der Waals surface area contributed by atoms with Crippen LogP contribution in [-0.4, -0.2) is 40.9 Å². The molecule has 0 aliphatic carbocycles. The zero-order valence-corrected chi connectivity index (χ0v) is 14.3. The molecule has 1 amide bonds. The van der Waals surface area contributed by atoms with Gasteiger partial charge in [0.1, 0.15) is 0 Å². The molecule has 22 heavy (non-hydrogen) atoms. The molecule has 2 aliphatic rings. The maximum atomic E-state index is 12.3. The molecule has 0 aromatic heterocycles. The van der Waals surface area contributed by atoms with Crippen molar-refractivity contribution in [3.63, 3.8) is 0 Å². The van der Waals surface area contributed by atoms with E-state index in [1.54, 1.807) is 0 Å². The summed E-state index contributed by atoms with van der Waals surface area (Å²) in [5.74, 6) is 0.393. The molecule has 0 saturated carbocycles. The minimum absolute atomic E-state index is 0.0953. The minimum atomic E-state index is 0.0953. The van der Waals surface area contributed by atoms with E-state index in [1.165, 1.54) is 18.4 Å². The van der Waals surface area contributed by atoms with Crippen LogP contribution in [0.2, 0.25) is 5.02 Å². The quantitative estimate of drug-likeness (QED) is 0.850. The highest BCUT2D eigenvalue weighted by Gasteiger charge is 2.47. The predicted molar refractivity (Wildman–Crippen MR) is 89.9 cm³/mol. The Labute approximate surface area is 138 Å². The predicted octanol–water partition coefficient (Wildman–Crippen LogP) is 3.56. The lowest BCUT2D eigenvalue weighted by Gasteiger charge is -2.35. The summed E-state index contributed by atoms with van der Waals surface area (Å²) < 4.78 is 0. The van der Waals surface area contributed by atoms with Crippen LogP contribution in [-0.2, 0) is 11.3 Å². The van der Waals surface area contributed by atoms with E-state index < -0.39 is 0 Å². The number of rotatable bonds is 3. The number of nitrogens with zero attached hydrogens (tertiary/aromatic N) is 2. The third kappa shape index (κ3) is 3.02. The van der Waals surface area contributed by atoms with Gasteiger partial charge in [0, 0.05) is 36.1 Å². The van der Waals surface area contributed by atoms with Gasteiger partial charge in [-0.1, -0.05) is 37.6 Å². The molecule has 2 fully saturated rings. The molecule has 2 saturated heterocycles. The van der Waals surface area contributed by atoms with Gasteiger partial charge in [-0.3, -0.25) is 9.69 Å². The van der Waals surface area contributed by atoms with Gasteiger partial charge in [-0.2, -0.15) is 0 Å². The maximum Gasteiger partial charge on any atom is 0.225 e. The summed E-state index contributed by atoms with van der Waals surface area (Å²) in [6.45, 7) is 7.84. The van der Waals surface area contributed by atoms with Crippen molar-refractivity contribution in [1.82, 2.24) is 9.80 Å². The number of amides is 1. The fourth-order valence-electron chi connectivity index (χ4n) is 3.97. The fourth-order valence-corrected chi connectivity index (χ4v) is 4.18. The van der Waals surface area contributed by atoms with Crippen molar-refractivity contribution in [2.75, 3.05) is 19.6 Å². The lowest BCUT2D eigenvalue weighted by molar-refractivity contribution is -0.133. The molecule has 2 aliphatic heterocycles.